The Morgan fingerprint density at radius 1 is 1.16 bits per heavy atom. The highest BCUT2D eigenvalue weighted by Gasteiger charge is 1.95. The Hall–Kier alpha value is -1.30. The lowest BCUT2D eigenvalue weighted by atomic mass is 10.1. The highest BCUT2D eigenvalue weighted by atomic mass is 16.5. The summed E-state index contributed by atoms with van der Waals surface area (Å²) in [5.41, 5.74) is 2.07. The predicted molar refractivity (Wildman–Crippen MR) is 78.8 cm³/mol. The zero-order valence-corrected chi connectivity index (χ0v) is 11.8. The van der Waals surface area contributed by atoms with E-state index >= 15 is 0 Å². The van der Waals surface area contributed by atoms with Gasteiger partial charge in [-0.1, -0.05) is 56.6 Å². The lowest BCUT2D eigenvalue weighted by molar-refractivity contribution is 0.116. The number of aliphatic hydroxyl groups is 1. The zero-order chi connectivity index (χ0) is 13.8. The number of rotatable bonds is 8. The van der Waals surface area contributed by atoms with Crippen molar-refractivity contribution in [2.75, 3.05) is 13.2 Å². The van der Waals surface area contributed by atoms with E-state index in [1.807, 2.05) is 24.3 Å². The minimum atomic E-state index is -0.0987. The molecule has 0 saturated heterocycles. The van der Waals surface area contributed by atoms with Gasteiger partial charge in [-0.25, -0.2) is 0 Å². The molecular weight excluding hydrogens is 236 g/mol. The summed E-state index contributed by atoms with van der Waals surface area (Å²) in [6.45, 7) is 3.60. The van der Waals surface area contributed by atoms with Crippen molar-refractivity contribution in [3.8, 4) is 11.8 Å². The van der Waals surface area contributed by atoms with Crippen LogP contribution in [-0.2, 0) is 11.3 Å². The van der Waals surface area contributed by atoms with Crippen LogP contribution in [0, 0.1) is 11.8 Å². The van der Waals surface area contributed by atoms with Gasteiger partial charge >= 0.3 is 0 Å². The summed E-state index contributed by atoms with van der Waals surface area (Å²) in [7, 11) is 0. The van der Waals surface area contributed by atoms with Crippen molar-refractivity contribution in [2.45, 2.75) is 45.6 Å². The summed E-state index contributed by atoms with van der Waals surface area (Å²) in [4.78, 5) is 0. The van der Waals surface area contributed by atoms with Gasteiger partial charge in [0.2, 0.25) is 0 Å². The molecule has 19 heavy (non-hydrogen) atoms. The van der Waals surface area contributed by atoms with Crippen LogP contribution in [0.5, 0.6) is 0 Å². The second-order valence-electron chi connectivity index (χ2n) is 4.63. The lowest BCUT2D eigenvalue weighted by Crippen LogP contribution is -1.96. The Labute approximate surface area is 116 Å². The van der Waals surface area contributed by atoms with Crippen molar-refractivity contribution in [3.05, 3.63) is 35.4 Å². The smallest absolute Gasteiger partial charge is 0.104 e. The first-order chi connectivity index (χ1) is 9.36. The van der Waals surface area contributed by atoms with Gasteiger partial charge in [-0.2, -0.15) is 0 Å². The van der Waals surface area contributed by atoms with E-state index in [-0.39, 0.29) is 6.61 Å². The van der Waals surface area contributed by atoms with Gasteiger partial charge in [0.25, 0.3) is 0 Å². The van der Waals surface area contributed by atoms with Crippen LogP contribution < -0.4 is 0 Å². The zero-order valence-electron chi connectivity index (χ0n) is 11.8. The molecule has 2 heteroatoms. The van der Waals surface area contributed by atoms with Crippen LogP contribution in [-0.4, -0.2) is 18.3 Å². The van der Waals surface area contributed by atoms with Crippen molar-refractivity contribution >= 4 is 0 Å². The SMILES string of the molecule is CCCCCCCOCc1cccc(C#CCO)c1. The van der Waals surface area contributed by atoms with E-state index < -0.39 is 0 Å². The average molecular weight is 260 g/mol. The highest BCUT2D eigenvalue weighted by Crippen LogP contribution is 2.07. The summed E-state index contributed by atoms with van der Waals surface area (Å²) >= 11 is 0. The monoisotopic (exact) mass is 260 g/mol. The van der Waals surface area contributed by atoms with E-state index in [0.29, 0.717) is 6.61 Å². The maximum atomic E-state index is 8.66. The number of hydrogen-bond donors (Lipinski definition) is 1. The molecular formula is C17H24O2. The summed E-state index contributed by atoms with van der Waals surface area (Å²) in [6.07, 6.45) is 6.32. The molecule has 0 saturated carbocycles. The average Bonchev–Trinajstić information content (AvgIpc) is 2.44. The third kappa shape index (κ3) is 7.66. The predicted octanol–water partition coefficient (Wildman–Crippen LogP) is 3.52. The summed E-state index contributed by atoms with van der Waals surface area (Å²) < 4.78 is 5.66. The normalized spacial score (nSPS) is 10.0. The fourth-order valence-corrected chi connectivity index (χ4v) is 1.88. The molecule has 0 spiro atoms. The Bertz CT molecular complexity index is 401. The first-order valence-electron chi connectivity index (χ1n) is 7.13. The Morgan fingerprint density at radius 2 is 2.00 bits per heavy atom. The Morgan fingerprint density at radius 3 is 2.79 bits per heavy atom. The second-order valence-corrected chi connectivity index (χ2v) is 4.63. The second kappa shape index (κ2) is 10.6. The third-order valence-electron chi connectivity index (χ3n) is 2.90. The third-order valence-corrected chi connectivity index (χ3v) is 2.90. The standard InChI is InChI=1S/C17H24O2/c1-2-3-4-5-6-13-19-15-17-10-7-9-16(14-17)11-8-12-18/h7,9-10,14,18H,2-6,12-13,15H2,1H3. The van der Waals surface area contributed by atoms with E-state index in [4.69, 9.17) is 9.84 Å². The molecule has 0 unspecified atom stereocenters. The molecule has 0 fully saturated rings. The number of hydrogen-bond acceptors (Lipinski definition) is 2. The van der Waals surface area contributed by atoms with Gasteiger partial charge < -0.3 is 9.84 Å². The fourth-order valence-electron chi connectivity index (χ4n) is 1.88. The molecule has 1 rings (SSSR count). The molecule has 2 nitrogen and oxygen atoms in total. The van der Waals surface area contributed by atoms with Crippen molar-refractivity contribution in [1.29, 1.82) is 0 Å². The minimum Gasteiger partial charge on any atom is -0.384 e. The van der Waals surface area contributed by atoms with Crippen LogP contribution in [0.15, 0.2) is 24.3 Å². The molecule has 0 aliphatic rings. The van der Waals surface area contributed by atoms with Gasteiger partial charge in [0.1, 0.15) is 6.61 Å². The number of aliphatic hydroxyl groups excluding tert-OH is 1. The lowest BCUT2D eigenvalue weighted by Gasteiger charge is -2.05. The van der Waals surface area contributed by atoms with Crippen molar-refractivity contribution in [3.63, 3.8) is 0 Å². The summed E-state index contributed by atoms with van der Waals surface area (Å²) in [5.74, 6) is 5.56. The van der Waals surface area contributed by atoms with Crippen molar-refractivity contribution < 1.29 is 9.84 Å². The number of ether oxygens (including phenoxy) is 1. The van der Waals surface area contributed by atoms with Crippen LogP contribution in [0.4, 0.5) is 0 Å². The maximum absolute atomic E-state index is 8.66. The first kappa shape index (κ1) is 15.8. The molecule has 0 atom stereocenters. The molecule has 0 amide bonds. The molecule has 1 N–H and O–H groups in total. The topological polar surface area (TPSA) is 29.5 Å². The van der Waals surface area contributed by atoms with Crippen molar-refractivity contribution in [2.24, 2.45) is 0 Å². The molecule has 0 aliphatic heterocycles. The van der Waals surface area contributed by atoms with Gasteiger partial charge in [-0.05, 0) is 24.1 Å². The van der Waals surface area contributed by atoms with E-state index in [1.54, 1.807) is 0 Å². The fraction of sp³-hybridized carbons (Fsp3) is 0.529. The Kier molecular flexibility index (Phi) is 8.80. The molecule has 0 bridgehead atoms. The largest absolute Gasteiger partial charge is 0.384 e. The maximum Gasteiger partial charge on any atom is 0.104 e. The van der Waals surface area contributed by atoms with E-state index in [9.17, 15) is 0 Å². The molecule has 1 aromatic rings. The quantitative estimate of drug-likeness (QED) is 0.572. The van der Waals surface area contributed by atoms with Crippen LogP contribution in [0.25, 0.3) is 0 Å². The molecule has 0 heterocycles. The van der Waals surface area contributed by atoms with Gasteiger partial charge in [0, 0.05) is 12.2 Å². The van der Waals surface area contributed by atoms with Crippen molar-refractivity contribution in [1.82, 2.24) is 0 Å². The number of unbranched alkanes of at least 4 members (excludes halogenated alkanes) is 4. The highest BCUT2D eigenvalue weighted by molar-refractivity contribution is 5.36. The minimum absolute atomic E-state index is 0.0987. The molecule has 0 aromatic heterocycles. The molecule has 0 aliphatic carbocycles. The van der Waals surface area contributed by atoms with E-state index in [0.717, 1.165) is 24.2 Å². The van der Waals surface area contributed by atoms with Gasteiger partial charge in [0.15, 0.2) is 0 Å². The molecule has 1 aromatic carbocycles. The van der Waals surface area contributed by atoms with Crippen LogP contribution in [0.2, 0.25) is 0 Å². The van der Waals surface area contributed by atoms with Gasteiger partial charge in [-0.15, -0.1) is 0 Å². The van der Waals surface area contributed by atoms with Gasteiger partial charge in [-0.3, -0.25) is 0 Å². The first-order valence-corrected chi connectivity index (χ1v) is 7.13. The van der Waals surface area contributed by atoms with Gasteiger partial charge in [0.05, 0.1) is 6.61 Å². The van der Waals surface area contributed by atoms with Crippen LogP contribution in [0.1, 0.15) is 50.2 Å². The van der Waals surface area contributed by atoms with E-state index in [2.05, 4.69) is 18.8 Å². The molecule has 0 radical (unpaired) electrons. The summed E-state index contributed by atoms with van der Waals surface area (Å²) in [5, 5.41) is 8.66. The summed E-state index contributed by atoms with van der Waals surface area (Å²) in [6, 6.07) is 7.97. The van der Waals surface area contributed by atoms with E-state index in [1.165, 1.54) is 25.7 Å². The van der Waals surface area contributed by atoms with Crippen LogP contribution >= 0.6 is 0 Å². The van der Waals surface area contributed by atoms with Crippen LogP contribution in [0.3, 0.4) is 0 Å². The number of benzene rings is 1. The molecule has 104 valence electrons. The Balaban J connectivity index is 2.22.